The molecule has 0 saturated heterocycles. The van der Waals surface area contributed by atoms with E-state index in [1.807, 2.05) is 0 Å². The molecule has 0 aromatic rings. The summed E-state index contributed by atoms with van der Waals surface area (Å²) in [6.07, 6.45) is 9.56. The van der Waals surface area contributed by atoms with Crippen LogP contribution >= 0.6 is 0 Å². The fraction of sp³-hybridized carbons (Fsp3) is 0.935. The molecule has 4 fully saturated rings. The van der Waals surface area contributed by atoms with Crippen molar-refractivity contribution >= 4 is 11.9 Å². The summed E-state index contributed by atoms with van der Waals surface area (Å²) in [4.78, 5) is 23.8. The Bertz CT molecular complexity index is 827. The minimum absolute atomic E-state index is 0.141. The third-order valence-electron chi connectivity index (χ3n) is 11.6. The smallest absolute Gasteiger partial charge is 0.303 e. The van der Waals surface area contributed by atoms with Crippen molar-refractivity contribution < 1.29 is 23.5 Å². The molecule has 206 valence electrons. The zero-order valence-electron chi connectivity index (χ0n) is 23.9. The number of rotatable bonds is 7. The predicted octanol–water partition coefficient (Wildman–Crippen LogP) is 7.67. The van der Waals surface area contributed by atoms with E-state index in [0.717, 1.165) is 24.2 Å². The van der Waals surface area contributed by atoms with E-state index in [0.29, 0.717) is 42.4 Å². The molecular formula is C31H51FO4. The lowest BCUT2D eigenvalue weighted by molar-refractivity contribution is -0.243. The van der Waals surface area contributed by atoms with E-state index in [1.54, 1.807) is 0 Å². The summed E-state index contributed by atoms with van der Waals surface area (Å²) in [5.41, 5.74) is -1.93. The van der Waals surface area contributed by atoms with Crippen molar-refractivity contribution in [3.05, 3.63) is 0 Å². The zero-order valence-corrected chi connectivity index (χ0v) is 23.9. The van der Waals surface area contributed by atoms with Crippen LogP contribution in [0.5, 0.6) is 0 Å². The molecule has 10 atom stereocenters. The second kappa shape index (κ2) is 10.2. The molecule has 0 heterocycles. The highest BCUT2D eigenvalue weighted by atomic mass is 19.1. The Morgan fingerprint density at radius 3 is 2.25 bits per heavy atom. The first-order valence-electron chi connectivity index (χ1n) is 14.8. The van der Waals surface area contributed by atoms with E-state index in [9.17, 15) is 9.59 Å². The van der Waals surface area contributed by atoms with Gasteiger partial charge in [0.25, 0.3) is 0 Å². The molecule has 0 aromatic carbocycles. The van der Waals surface area contributed by atoms with Gasteiger partial charge in [-0.25, -0.2) is 4.39 Å². The molecule has 0 aromatic heterocycles. The first-order chi connectivity index (χ1) is 16.8. The first-order valence-corrected chi connectivity index (χ1v) is 14.8. The van der Waals surface area contributed by atoms with Crippen molar-refractivity contribution in [1.82, 2.24) is 0 Å². The summed E-state index contributed by atoms with van der Waals surface area (Å²) < 4.78 is 28.6. The average Bonchev–Trinajstić information content (AvgIpc) is 3.12. The number of halogens is 1. The van der Waals surface area contributed by atoms with Gasteiger partial charge in [-0.1, -0.05) is 53.9 Å². The van der Waals surface area contributed by atoms with Crippen LogP contribution in [0.15, 0.2) is 0 Å². The maximum atomic E-state index is 17.3. The number of carbonyl (C=O) groups excluding carboxylic acids is 2. The molecule has 4 aliphatic rings. The SMILES string of the molecule is CC(=O)O[C@@H]1CC[C@]2(C)[C@@H]3CC[C@]4(C)[C@H](CC[C@@H]4[C@H](C)CCCC(C)C)[C@@H]3C[C@@H](OC(C)=O)[C@@]2(F)C1. The predicted molar refractivity (Wildman–Crippen MR) is 140 cm³/mol. The molecule has 0 aliphatic heterocycles. The molecule has 36 heavy (non-hydrogen) atoms. The van der Waals surface area contributed by atoms with E-state index in [1.165, 1.54) is 52.4 Å². The molecule has 0 spiro atoms. The molecule has 0 bridgehead atoms. The van der Waals surface area contributed by atoms with Crippen LogP contribution in [-0.2, 0) is 19.1 Å². The number of fused-ring (bicyclic) bond motifs is 5. The van der Waals surface area contributed by atoms with Gasteiger partial charge in [-0.3, -0.25) is 9.59 Å². The van der Waals surface area contributed by atoms with Crippen LogP contribution in [0.25, 0.3) is 0 Å². The second-order valence-corrected chi connectivity index (χ2v) is 14.0. The van der Waals surface area contributed by atoms with Crippen molar-refractivity contribution in [3.63, 3.8) is 0 Å². The third-order valence-corrected chi connectivity index (χ3v) is 11.6. The number of carbonyl (C=O) groups is 2. The molecule has 4 saturated carbocycles. The summed E-state index contributed by atoms with van der Waals surface area (Å²) in [5, 5.41) is 0. The van der Waals surface area contributed by atoms with Gasteiger partial charge < -0.3 is 9.47 Å². The monoisotopic (exact) mass is 506 g/mol. The minimum Gasteiger partial charge on any atom is -0.462 e. The van der Waals surface area contributed by atoms with Gasteiger partial charge in [-0.15, -0.1) is 0 Å². The zero-order chi connectivity index (χ0) is 26.5. The highest BCUT2D eigenvalue weighted by molar-refractivity contribution is 5.66. The van der Waals surface area contributed by atoms with Gasteiger partial charge in [0.05, 0.1) is 0 Å². The quantitative estimate of drug-likeness (QED) is 0.332. The van der Waals surface area contributed by atoms with Gasteiger partial charge in [-0.05, 0) is 85.9 Å². The van der Waals surface area contributed by atoms with Crippen molar-refractivity contribution in [1.29, 1.82) is 0 Å². The fourth-order valence-corrected chi connectivity index (χ4v) is 9.87. The van der Waals surface area contributed by atoms with Crippen LogP contribution in [0.1, 0.15) is 119 Å². The maximum absolute atomic E-state index is 17.3. The van der Waals surface area contributed by atoms with Crippen molar-refractivity contribution in [2.45, 2.75) is 137 Å². The van der Waals surface area contributed by atoms with E-state index < -0.39 is 29.3 Å². The second-order valence-electron chi connectivity index (χ2n) is 14.0. The van der Waals surface area contributed by atoms with Gasteiger partial charge in [0.2, 0.25) is 0 Å². The van der Waals surface area contributed by atoms with Gasteiger partial charge in [-0.2, -0.15) is 0 Å². The molecule has 0 amide bonds. The van der Waals surface area contributed by atoms with Crippen LogP contribution in [0.4, 0.5) is 4.39 Å². The highest BCUT2D eigenvalue weighted by Gasteiger charge is 2.70. The molecule has 0 radical (unpaired) electrons. The Hall–Kier alpha value is -1.13. The number of esters is 2. The normalized spacial score (nSPS) is 44.8. The van der Waals surface area contributed by atoms with E-state index in [4.69, 9.17) is 9.47 Å². The molecule has 5 heteroatoms. The summed E-state index contributed by atoms with van der Waals surface area (Å²) in [7, 11) is 0. The van der Waals surface area contributed by atoms with Crippen molar-refractivity contribution in [3.8, 4) is 0 Å². The number of hydrogen-bond acceptors (Lipinski definition) is 4. The molecule has 4 rings (SSSR count). The van der Waals surface area contributed by atoms with Gasteiger partial charge >= 0.3 is 11.9 Å². The Morgan fingerprint density at radius 1 is 0.917 bits per heavy atom. The van der Waals surface area contributed by atoms with Gasteiger partial charge in [0, 0.05) is 25.7 Å². The van der Waals surface area contributed by atoms with E-state index in [2.05, 4.69) is 34.6 Å². The molecule has 0 unspecified atom stereocenters. The fourth-order valence-electron chi connectivity index (χ4n) is 9.87. The summed E-state index contributed by atoms with van der Waals surface area (Å²) in [5.74, 6) is 2.69. The molecular weight excluding hydrogens is 455 g/mol. The summed E-state index contributed by atoms with van der Waals surface area (Å²) >= 11 is 0. The van der Waals surface area contributed by atoms with Crippen molar-refractivity contribution in [2.75, 3.05) is 0 Å². The van der Waals surface area contributed by atoms with Crippen LogP contribution < -0.4 is 0 Å². The number of hydrogen-bond donors (Lipinski definition) is 0. The molecule has 4 nitrogen and oxygen atoms in total. The minimum atomic E-state index is -1.66. The molecule has 4 aliphatic carbocycles. The Labute approximate surface area is 218 Å². The topological polar surface area (TPSA) is 52.6 Å². The Morgan fingerprint density at radius 2 is 1.61 bits per heavy atom. The summed E-state index contributed by atoms with van der Waals surface area (Å²) in [6, 6.07) is 0. The Kier molecular flexibility index (Phi) is 7.91. The van der Waals surface area contributed by atoms with Crippen LogP contribution in [0.2, 0.25) is 0 Å². The largest absolute Gasteiger partial charge is 0.462 e. The standard InChI is InChI=1S/C31H51FO4/c1-19(2)9-8-10-20(3)25-11-12-26-24-17-28(36-22(5)34)31(32)18-23(35-21(4)33)13-16-30(31,7)27(24)14-15-29(25,26)6/h19-20,23-28H,8-18H2,1-7H3/t20-,23-,24+,25-,26-,27-,28-,29+,30-,31+/m1/s1. The number of alkyl halides is 1. The average molecular weight is 507 g/mol. The lowest BCUT2D eigenvalue weighted by Gasteiger charge is -2.64. The first kappa shape index (κ1) is 27.9. The summed E-state index contributed by atoms with van der Waals surface area (Å²) in [6.45, 7) is 14.5. The lowest BCUT2D eigenvalue weighted by atomic mass is 9.42. The highest BCUT2D eigenvalue weighted by Crippen LogP contribution is 2.70. The van der Waals surface area contributed by atoms with Gasteiger partial charge in [0.1, 0.15) is 12.2 Å². The third kappa shape index (κ3) is 4.75. The van der Waals surface area contributed by atoms with E-state index >= 15 is 4.39 Å². The van der Waals surface area contributed by atoms with Crippen LogP contribution in [0, 0.1) is 46.3 Å². The van der Waals surface area contributed by atoms with Gasteiger partial charge in [0.15, 0.2) is 5.67 Å². The van der Waals surface area contributed by atoms with Crippen LogP contribution in [-0.4, -0.2) is 29.8 Å². The maximum Gasteiger partial charge on any atom is 0.303 e. The lowest BCUT2D eigenvalue weighted by Crippen LogP contribution is -2.67. The van der Waals surface area contributed by atoms with Crippen LogP contribution in [0.3, 0.4) is 0 Å². The number of ether oxygens (including phenoxy) is 2. The Balaban J connectivity index is 1.59. The van der Waals surface area contributed by atoms with Crippen molar-refractivity contribution in [2.24, 2.45) is 46.3 Å². The molecule has 0 N–H and O–H groups in total. The van der Waals surface area contributed by atoms with E-state index in [-0.39, 0.29) is 12.4 Å².